The van der Waals surface area contributed by atoms with E-state index in [1.54, 1.807) is 11.9 Å². The molecule has 0 saturated heterocycles. The van der Waals surface area contributed by atoms with E-state index < -0.39 is 11.9 Å². The van der Waals surface area contributed by atoms with Crippen LogP contribution in [-0.4, -0.2) is 48.9 Å². The van der Waals surface area contributed by atoms with Crippen molar-refractivity contribution >= 4 is 23.5 Å². The van der Waals surface area contributed by atoms with Crippen molar-refractivity contribution in [1.82, 2.24) is 15.5 Å². The van der Waals surface area contributed by atoms with Crippen LogP contribution < -0.4 is 16.0 Å². The molecular formula is C19H28N4O3. The molecule has 0 radical (unpaired) electrons. The Morgan fingerprint density at radius 1 is 1.00 bits per heavy atom. The van der Waals surface area contributed by atoms with E-state index >= 15 is 0 Å². The van der Waals surface area contributed by atoms with E-state index in [1.165, 1.54) is 6.42 Å². The molecule has 1 aliphatic carbocycles. The number of nitrogens with one attached hydrogen (secondary N) is 3. The molecule has 2 rings (SSSR count). The average Bonchev–Trinajstić information content (AvgIpc) is 2.57. The van der Waals surface area contributed by atoms with Crippen LogP contribution in [0.25, 0.3) is 0 Å². The van der Waals surface area contributed by atoms with Gasteiger partial charge in [-0.05, 0) is 38.9 Å². The van der Waals surface area contributed by atoms with Gasteiger partial charge in [-0.25, -0.2) is 4.79 Å². The second-order valence-corrected chi connectivity index (χ2v) is 6.94. The molecule has 7 nitrogen and oxygen atoms in total. The number of imide groups is 1. The minimum Gasteiger partial charge on any atom is -0.335 e. The highest BCUT2D eigenvalue weighted by atomic mass is 16.2. The number of urea groups is 1. The van der Waals surface area contributed by atoms with E-state index in [-0.39, 0.29) is 25.0 Å². The third kappa shape index (κ3) is 7.23. The van der Waals surface area contributed by atoms with Crippen molar-refractivity contribution in [2.45, 2.75) is 45.1 Å². The first-order chi connectivity index (χ1) is 12.4. The van der Waals surface area contributed by atoms with Gasteiger partial charge in [0, 0.05) is 11.7 Å². The van der Waals surface area contributed by atoms with Crippen LogP contribution in [0, 0.1) is 6.92 Å². The van der Waals surface area contributed by atoms with E-state index in [0.717, 1.165) is 31.2 Å². The monoisotopic (exact) mass is 360 g/mol. The summed E-state index contributed by atoms with van der Waals surface area (Å²) >= 11 is 0. The lowest BCUT2D eigenvalue weighted by Gasteiger charge is -2.23. The van der Waals surface area contributed by atoms with Crippen molar-refractivity contribution in [1.29, 1.82) is 0 Å². The van der Waals surface area contributed by atoms with Gasteiger partial charge in [0.15, 0.2) is 0 Å². The minimum atomic E-state index is -0.459. The van der Waals surface area contributed by atoms with Gasteiger partial charge in [-0.3, -0.25) is 19.8 Å². The van der Waals surface area contributed by atoms with Gasteiger partial charge in [0.25, 0.3) is 0 Å². The molecule has 7 heteroatoms. The Labute approximate surface area is 154 Å². The van der Waals surface area contributed by atoms with Crippen molar-refractivity contribution in [2.24, 2.45) is 0 Å². The quantitative estimate of drug-likeness (QED) is 0.724. The summed E-state index contributed by atoms with van der Waals surface area (Å²) in [7, 11) is 1.66. The van der Waals surface area contributed by atoms with Crippen molar-refractivity contribution < 1.29 is 14.4 Å². The molecule has 0 aromatic heterocycles. The Morgan fingerprint density at radius 3 is 2.27 bits per heavy atom. The highest BCUT2D eigenvalue weighted by Crippen LogP contribution is 2.17. The van der Waals surface area contributed by atoms with Gasteiger partial charge >= 0.3 is 6.03 Å². The van der Waals surface area contributed by atoms with Crippen LogP contribution in [0.3, 0.4) is 0 Å². The van der Waals surface area contributed by atoms with Crippen LogP contribution in [0.15, 0.2) is 24.3 Å². The van der Waals surface area contributed by atoms with Gasteiger partial charge in [0.2, 0.25) is 11.8 Å². The van der Waals surface area contributed by atoms with Gasteiger partial charge in [0.1, 0.15) is 0 Å². The predicted octanol–water partition coefficient (Wildman–Crippen LogP) is 2.02. The SMILES string of the molecule is Cc1ccc(NC(=O)CN(C)CC(=O)NC(=O)NC2CCCCC2)cc1. The van der Waals surface area contributed by atoms with Crippen LogP contribution in [-0.2, 0) is 9.59 Å². The standard InChI is InChI=1S/C19H28N4O3/c1-14-8-10-16(11-9-14)20-17(24)12-23(2)13-18(25)22-19(26)21-15-6-4-3-5-7-15/h8-11,15H,3-7,12-13H2,1-2H3,(H,20,24)(H2,21,22,25,26). The number of amides is 4. The molecule has 0 heterocycles. The van der Waals surface area contributed by atoms with E-state index in [0.29, 0.717) is 5.69 Å². The van der Waals surface area contributed by atoms with Gasteiger partial charge in [0.05, 0.1) is 13.1 Å². The summed E-state index contributed by atoms with van der Waals surface area (Å²) in [5.74, 6) is -0.639. The van der Waals surface area contributed by atoms with Crippen LogP contribution in [0.1, 0.15) is 37.7 Å². The Balaban J connectivity index is 1.67. The lowest BCUT2D eigenvalue weighted by Crippen LogP contribution is -2.48. The molecule has 0 aliphatic heterocycles. The number of hydrogen-bond acceptors (Lipinski definition) is 4. The molecule has 0 unspecified atom stereocenters. The fourth-order valence-electron chi connectivity index (χ4n) is 3.02. The highest BCUT2D eigenvalue weighted by Gasteiger charge is 2.18. The fourth-order valence-corrected chi connectivity index (χ4v) is 3.02. The first-order valence-corrected chi connectivity index (χ1v) is 9.08. The number of carbonyl (C=O) groups excluding carboxylic acids is 3. The summed E-state index contributed by atoms with van der Waals surface area (Å²) in [6.45, 7) is 2.01. The minimum absolute atomic E-state index is 0.0284. The second-order valence-electron chi connectivity index (χ2n) is 6.94. The fraction of sp³-hybridized carbons (Fsp3) is 0.526. The van der Waals surface area contributed by atoms with Gasteiger partial charge in [-0.2, -0.15) is 0 Å². The maximum absolute atomic E-state index is 12.0. The maximum Gasteiger partial charge on any atom is 0.321 e. The zero-order chi connectivity index (χ0) is 18.9. The van der Waals surface area contributed by atoms with Crippen LogP contribution in [0.5, 0.6) is 0 Å². The van der Waals surface area contributed by atoms with Crippen molar-refractivity contribution in [3.63, 3.8) is 0 Å². The Morgan fingerprint density at radius 2 is 1.62 bits per heavy atom. The molecular weight excluding hydrogens is 332 g/mol. The predicted molar refractivity (Wildman–Crippen MR) is 101 cm³/mol. The summed E-state index contributed by atoms with van der Waals surface area (Å²) in [5, 5.41) is 7.93. The van der Waals surface area contributed by atoms with Crippen molar-refractivity contribution in [3.05, 3.63) is 29.8 Å². The van der Waals surface area contributed by atoms with Crippen LogP contribution in [0.4, 0.5) is 10.5 Å². The lowest BCUT2D eigenvalue weighted by atomic mass is 9.96. The number of rotatable bonds is 6. The second kappa shape index (κ2) is 9.91. The number of likely N-dealkylation sites (N-methyl/N-ethyl adjacent to an activating group) is 1. The smallest absolute Gasteiger partial charge is 0.321 e. The van der Waals surface area contributed by atoms with Crippen LogP contribution >= 0.6 is 0 Å². The normalized spacial score (nSPS) is 14.7. The molecule has 0 atom stereocenters. The van der Waals surface area contributed by atoms with E-state index in [2.05, 4.69) is 16.0 Å². The topological polar surface area (TPSA) is 90.5 Å². The van der Waals surface area contributed by atoms with E-state index in [1.807, 2.05) is 31.2 Å². The Bertz CT molecular complexity index is 624. The highest BCUT2D eigenvalue weighted by molar-refractivity contribution is 5.96. The first kappa shape index (κ1) is 19.9. The van der Waals surface area contributed by atoms with Gasteiger partial charge in [-0.1, -0.05) is 37.0 Å². The third-order valence-corrected chi connectivity index (χ3v) is 4.36. The molecule has 0 spiro atoms. The summed E-state index contributed by atoms with van der Waals surface area (Å²) in [4.78, 5) is 37.4. The number of carbonyl (C=O) groups is 3. The Kier molecular flexibility index (Phi) is 7.59. The number of benzene rings is 1. The van der Waals surface area contributed by atoms with Crippen molar-refractivity contribution in [3.8, 4) is 0 Å². The average molecular weight is 360 g/mol. The molecule has 1 saturated carbocycles. The van der Waals surface area contributed by atoms with Gasteiger partial charge in [-0.15, -0.1) is 0 Å². The van der Waals surface area contributed by atoms with E-state index in [9.17, 15) is 14.4 Å². The first-order valence-electron chi connectivity index (χ1n) is 9.08. The summed E-state index contributed by atoms with van der Waals surface area (Å²) in [5.41, 5.74) is 1.83. The molecule has 1 aliphatic rings. The number of nitrogens with zero attached hydrogens (tertiary/aromatic N) is 1. The van der Waals surface area contributed by atoms with Gasteiger partial charge < -0.3 is 10.6 Å². The largest absolute Gasteiger partial charge is 0.335 e. The molecule has 142 valence electrons. The van der Waals surface area contributed by atoms with E-state index in [4.69, 9.17) is 0 Å². The lowest BCUT2D eigenvalue weighted by molar-refractivity contribution is -0.122. The number of aryl methyl sites for hydroxylation is 1. The summed E-state index contributed by atoms with van der Waals surface area (Å²) in [6, 6.07) is 7.18. The summed E-state index contributed by atoms with van der Waals surface area (Å²) < 4.78 is 0. The Hall–Kier alpha value is -2.41. The number of anilines is 1. The molecule has 26 heavy (non-hydrogen) atoms. The third-order valence-electron chi connectivity index (χ3n) is 4.36. The molecule has 0 bridgehead atoms. The zero-order valence-electron chi connectivity index (χ0n) is 15.5. The van der Waals surface area contributed by atoms with Crippen LogP contribution in [0.2, 0.25) is 0 Å². The molecule has 1 aromatic rings. The van der Waals surface area contributed by atoms with Crippen molar-refractivity contribution in [2.75, 3.05) is 25.5 Å². The molecule has 3 N–H and O–H groups in total. The maximum atomic E-state index is 12.0. The number of hydrogen-bond donors (Lipinski definition) is 3. The zero-order valence-corrected chi connectivity index (χ0v) is 15.5. The summed E-state index contributed by atoms with van der Waals surface area (Å²) in [6.07, 6.45) is 5.34. The molecule has 4 amide bonds. The molecule has 1 aromatic carbocycles. The molecule has 1 fully saturated rings.